The summed E-state index contributed by atoms with van der Waals surface area (Å²) in [7, 11) is 0. The van der Waals surface area contributed by atoms with Crippen LogP contribution in [-0.4, -0.2) is 28.3 Å². The molecule has 2 rings (SSSR count). The molecule has 6 heteroatoms. The van der Waals surface area contributed by atoms with E-state index >= 15 is 0 Å². The highest BCUT2D eigenvalue weighted by Crippen LogP contribution is 2.24. The van der Waals surface area contributed by atoms with E-state index in [-0.39, 0.29) is 24.3 Å². The Morgan fingerprint density at radius 2 is 1.88 bits per heavy atom. The van der Waals surface area contributed by atoms with Crippen LogP contribution in [0.25, 0.3) is 0 Å². The molecule has 0 radical (unpaired) electrons. The summed E-state index contributed by atoms with van der Waals surface area (Å²) in [6.07, 6.45) is 2.16. The molecule has 0 spiro atoms. The zero-order chi connectivity index (χ0) is 12.4. The number of nitrogens with two attached hydrogens (primary N) is 2. The number of anilines is 2. The second-order valence-electron chi connectivity index (χ2n) is 4.46. The van der Waals surface area contributed by atoms with Crippen molar-refractivity contribution in [3.8, 4) is 5.88 Å². The highest BCUT2D eigenvalue weighted by atomic mass is 16.5. The van der Waals surface area contributed by atoms with Gasteiger partial charge in [0.25, 0.3) is 0 Å². The number of hydrogen-bond donors (Lipinski definition) is 2. The first-order valence-electron chi connectivity index (χ1n) is 5.75. The van der Waals surface area contributed by atoms with Gasteiger partial charge in [-0.15, -0.1) is 0 Å². The van der Waals surface area contributed by atoms with Crippen LogP contribution in [0.1, 0.15) is 26.7 Å². The predicted molar refractivity (Wildman–Crippen MR) is 64.5 cm³/mol. The Bertz CT molecular complexity index is 369. The van der Waals surface area contributed by atoms with Gasteiger partial charge in [-0.25, -0.2) is 0 Å². The molecule has 2 atom stereocenters. The SMILES string of the molecule is CC1CC(Oc2cc(N)nc(N)n2)CC(C)O1. The van der Waals surface area contributed by atoms with Gasteiger partial charge < -0.3 is 20.9 Å². The second-order valence-corrected chi connectivity index (χ2v) is 4.46. The first-order valence-corrected chi connectivity index (χ1v) is 5.75. The summed E-state index contributed by atoms with van der Waals surface area (Å²) >= 11 is 0. The van der Waals surface area contributed by atoms with Crippen molar-refractivity contribution in [1.29, 1.82) is 0 Å². The van der Waals surface area contributed by atoms with E-state index in [1.54, 1.807) is 6.07 Å². The van der Waals surface area contributed by atoms with Gasteiger partial charge in [0.2, 0.25) is 11.8 Å². The molecule has 0 saturated carbocycles. The third-order valence-corrected chi connectivity index (χ3v) is 2.68. The average Bonchev–Trinajstić information content (AvgIpc) is 2.13. The van der Waals surface area contributed by atoms with Crippen molar-refractivity contribution in [2.24, 2.45) is 0 Å². The van der Waals surface area contributed by atoms with Crippen molar-refractivity contribution in [2.75, 3.05) is 11.5 Å². The lowest BCUT2D eigenvalue weighted by atomic mass is 10.0. The van der Waals surface area contributed by atoms with Crippen LogP contribution in [0.4, 0.5) is 11.8 Å². The first-order chi connectivity index (χ1) is 8.02. The molecule has 2 heterocycles. The van der Waals surface area contributed by atoms with Gasteiger partial charge in [0, 0.05) is 18.9 Å². The Balaban J connectivity index is 2.04. The average molecular weight is 238 g/mol. The molecule has 4 N–H and O–H groups in total. The minimum atomic E-state index is 0.0856. The molecule has 0 aliphatic carbocycles. The molecule has 0 amide bonds. The maximum absolute atomic E-state index is 5.77. The Morgan fingerprint density at radius 1 is 1.24 bits per heavy atom. The molecule has 17 heavy (non-hydrogen) atoms. The largest absolute Gasteiger partial charge is 0.474 e. The summed E-state index contributed by atoms with van der Waals surface area (Å²) < 4.78 is 11.4. The van der Waals surface area contributed by atoms with Crippen molar-refractivity contribution in [2.45, 2.75) is 45.0 Å². The third-order valence-electron chi connectivity index (χ3n) is 2.68. The lowest BCUT2D eigenvalue weighted by molar-refractivity contribution is -0.0729. The van der Waals surface area contributed by atoms with Crippen LogP contribution in [0.2, 0.25) is 0 Å². The molecular formula is C11H18N4O2. The second kappa shape index (κ2) is 4.75. The third kappa shape index (κ3) is 3.20. The van der Waals surface area contributed by atoms with Gasteiger partial charge in [0.1, 0.15) is 11.9 Å². The standard InChI is InChI=1S/C11H18N4O2/c1-6-3-8(4-7(2)16-6)17-10-5-9(12)14-11(13)15-10/h5-8H,3-4H2,1-2H3,(H4,12,13,14,15). The Labute approximate surface area is 100 Å². The van der Waals surface area contributed by atoms with Crippen molar-refractivity contribution in [1.82, 2.24) is 9.97 Å². The molecule has 6 nitrogen and oxygen atoms in total. The van der Waals surface area contributed by atoms with E-state index in [4.69, 9.17) is 20.9 Å². The molecule has 1 aliphatic heterocycles. The van der Waals surface area contributed by atoms with Crippen LogP contribution in [-0.2, 0) is 4.74 Å². The number of rotatable bonds is 2. The van der Waals surface area contributed by atoms with E-state index in [1.165, 1.54) is 0 Å². The Kier molecular flexibility index (Phi) is 3.33. The fourth-order valence-corrected chi connectivity index (χ4v) is 2.13. The highest BCUT2D eigenvalue weighted by molar-refractivity contribution is 5.38. The predicted octanol–water partition coefficient (Wildman–Crippen LogP) is 0.976. The van der Waals surface area contributed by atoms with Crippen molar-refractivity contribution in [3.63, 3.8) is 0 Å². The van der Waals surface area contributed by atoms with E-state index in [2.05, 4.69) is 9.97 Å². The van der Waals surface area contributed by atoms with Crippen LogP contribution >= 0.6 is 0 Å². The summed E-state index contributed by atoms with van der Waals surface area (Å²) in [4.78, 5) is 7.80. The van der Waals surface area contributed by atoms with E-state index in [0.29, 0.717) is 11.7 Å². The minimum absolute atomic E-state index is 0.0856. The molecule has 94 valence electrons. The number of ether oxygens (including phenoxy) is 2. The topological polar surface area (TPSA) is 96.3 Å². The lowest BCUT2D eigenvalue weighted by Crippen LogP contribution is -2.35. The molecule has 2 unspecified atom stereocenters. The first kappa shape index (κ1) is 11.9. The summed E-state index contributed by atoms with van der Waals surface area (Å²) in [6, 6.07) is 1.58. The normalized spacial score (nSPS) is 28.9. The van der Waals surface area contributed by atoms with E-state index in [0.717, 1.165) is 12.8 Å². The smallest absolute Gasteiger partial charge is 0.225 e. The summed E-state index contributed by atoms with van der Waals surface area (Å²) in [6.45, 7) is 4.07. The summed E-state index contributed by atoms with van der Waals surface area (Å²) in [5.41, 5.74) is 11.1. The van der Waals surface area contributed by atoms with Crippen molar-refractivity contribution >= 4 is 11.8 Å². The summed E-state index contributed by atoms with van der Waals surface area (Å²) in [5.74, 6) is 0.884. The molecule has 0 aromatic carbocycles. The Hall–Kier alpha value is -1.56. The number of nitrogen functional groups attached to an aromatic ring is 2. The summed E-state index contributed by atoms with van der Waals surface area (Å²) in [5, 5.41) is 0. The highest BCUT2D eigenvalue weighted by Gasteiger charge is 2.26. The maximum Gasteiger partial charge on any atom is 0.225 e. The number of nitrogens with zero attached hydrogens (tertiary/aromatic N) is 2. The monoisotopic (exact) mass is 238 g/mol. The van der Waals surface area contributed by atoms with Crippen LogP contribution in [0.3, 0.4) is 0 Å². The maximum atomic E-state index is 5.77. The minimum Gasteiger partial charge on any atom is -0.474 e. The molecule has 0 bridgehead atoms. The lowest BCUT2D eigenvalue weighted by Gasteiger charge is -2.31. The van der Waals surface area contributed by atoms with E-state index < -0.39 is 0 Å². The van der Waals surface area contributed by atoms with Crippen LogP contribution in [0, 0.1) is 0 Å². The molecule has 1 aromatic rings. The van der Waals surface area contributed by atoms with Crippen LogP contribution in [0.5, 0.6) is 5.88 Å². The van der Waals surface area contributed by atoms with Crippen molar-refractivity contribution < 1.29 is 9.47 Å². The van der Waals surface area contributed by atoms with Crippen LogP contribution < -0.4 is 16.2 Å². The molecule has 1 fully saturated rings. The quantitative estimate of drug-likeness (QED) is 0.797. The zero-order valence-electron chi connectivity index (χ0n) is 10.1. The van der Waals surface area contributed by atoms with Gasteiger partial charge in [-0.2, -0.15) is 9.97 Å². The zero-order valence-corrected chi connectivity index (χ0v) is 10.1. The van der Waals surface area contributed by atoms with Crippen LogP contribution in [0.15, 0.2) is 6.07 Å². The number of aromatic nitrogens is 2. The Morgan fingerprint density at radius 3 is 2.47 bits per heavy atom. The van der Waals surface area contributed by atoms with Gasteiger partial charge >= 0.3 is 0 Å². The van der Waals surface area contributed by atoms with E-state index in [1.807, 2.05) is 13.8 Å². The van der Waals surface area contributed by atoms with Gasteiger partial charge in [-0.05, 0) is 13.8 Å². The fourth-order valence-electron chi connectivity index (χ4n) is 2.13. The van der Waals surface area contributed by atoms with Gasteiger partial charge in [-0.1, -0.05) is 0 Å². The van der Waals surface area contributed by atoms with Gasteiger partial charge in [-0.3, -0.25) is 0 Å². The van der Waals surface area contributed by atoms with Crippen molar-refractivity contribution in [3.05, 3.63) is 6.07 Å². The molecule has 1 aromatic heterocycles. The fraction of sp³-hybridized carbons (Fsp3) is 0.636. The molecular weight excluding hydrogens is 220 g/mol. The molecule has 1 aliphatic rings. The number of hydrogen-bond acceptors (Lipinski definition) is 6. The van der Waals surface area contributed by atoms with Gasteiger partial charge in [0.15, 0.2) is 0 Å². The van der Waals surface area contributed by atoms with E-state index in [9.17, 15) is 0 Å². The van der Waals surface area contributed by atoms with Gasteiger partial charge in [0.05, 0.1) is 12.2 Å². The molecule has 1 saturated heterocycles.